The Morgan fingerprint density at radius 1 is 1.18 bits per heavy atom. The van der Waals surface area contributed by atoms with Gasteiger partial charge in [0.1, 0.15) is 23.7 Å². The second-order valence-corrected chi connectivity index (χ2v) is 9.44. The topological polar surface area (TPSA) is 69.7 Å². The number of nitrogens with one attached hydrogen (secondary N) is 1. The average molecular weight is 467 g/mol. The molecule has 180 valence electrons. The van der Waals surface area contributed by atoms with E-state index in [-0.39, 0.29) is 29.9 Å². The highest BCUT2D eigenvalue weighted by atomic mass is 19.4. The van der Waals surface area contributed by atoms with Crippen LogP contribution in [0.1, 0.15) is 52.7 Å². The number of ether oxygens (including phenoxy) is 3. The molecule has 3 rings (SSSR count). The Hall–Kier alpha value is -2.97. The standard InChI is InChI=1S/C24H29F3N2O4/c1-14(2)10-15(29-22(30)33-23(3,4)5)13-31-16-6-7-18-17-8-9-28-12-19(17)21(24(25,26)27)32-20(18)11-16/h6-9,11-12,14-15,21H,10,13H2,1-5H3,(H,29,30)/t15-,21?/m0/s1. The molecule has 0 aliphatic carbocycles. The number of benzene rings is 1. The number of carbonyl (C=O) groups excluding carboxylic acids is 1. The van der Waals surface area contributed by atoms with Gasteiger partial charge in [-0.25, -0.2) is 4.79 Å². The number of alkyl carbamates (subject to hydrolysis) is 1. The number of aromatic nitrogens is 1. The van der Waals surface area contributed by atoms with E-state index in [1.54, 1.807) is 39.0 Å². The van der Waals surface area contributed by atoms with E-state index in [1.165, 1.54) is 18.5 Å². The van der Waals surface area contributed by atoms with Gasteiger partial charge < -0.3 is 19.5 Å². The van der Waals surface area contributed by atoms with Crippen molar-refractivity contribution in [2.75, 3.05) is 6.61 Å². The number of alkyl halides is 3. The van der Waals surface area contributed by atoms with Crippen molar-refractivity contribution in [3.05, 3.63) is 42.2 Å². The summed E-state index contributed by atoms with van der Waals surface area (Å²) in [4.78, 5) is 16.0. The van der Waals surface area contributed by atoms with Gasteiger partial charge in [-0.3, -0.25) is 4.98 Å². The molecule has 2 atom stereocenters. The summed E-state index contributed by atoms with van der Waals surface area (Å²) in [5.74, 6) is 0.694. The van der Waals surface area contributed by atoms with E-state index >= 15 is 0 Å². The summed E-state index contributed by atoms with van der Waals surface area (Å²) in [6, 6.07) is 5.97. The number of carbonyl (C=O) groups is 1. The van der Waals surface area contributed by atoms with Crippen LogP contribution < -0.4 is 14.8 Å². The zero-order chi connectivity index (χ0) is 24.4. The van der Waals surface area contributed by atoms with Crippen molar-refractivity contribution in [3.63, 3.8) is 0 Å². The summed E-state index contributed by atoms with van der Waals surface area (Å²) >= 11 is 0. The van der Waals surface area contributed by atoms with Crippen LogP contribution in [0.5, 0.6) is 11.5 Å². The van der Waals surface area contributed by atoms with Crippen molar-refractivity contribution in [1.82, 2.24) is 10.3 Å². The minimum atomic E-state index is -4.59. The third kappa shape index (κ3) is 6.52. The van der Waals surface area contributed by atoms with E-state index in [2.05, 4.69) is 10.3 Å². The third-order valence-corrected chi connectivity index (χ3v) is 4.85. The Bertz CT molecular complexity index is 986. The van der Waals surface area contributed by atoms with Crippen LogP contribution in [0.2, 0.25) is 0 Å². The van der Waals surface area contributed by atoms with Crippen LogP contribution in [0.25, 0.3) is 11.1 Å². The highest BCUT2D eigenvalue weighted by Gasteiger charge is 2.46. The second kappa shape index (κ2) is 9.49. The van der Waals surface area contributed by atoms with E-state index in [0.29, 0.717) is 23.3 Å². The molecule has 2 aromatic rings. The lowest BCUT2D eigenvalue weighted by Gasteiger charge is -2.30. The van der Waals surface area contributed by atoms with Gasteiger partial charge in [0.2, 0.25) is 6.10 Å². The van der Waals surface area contributed by atoms with E-state index in [1.807, 2.05) is 13.8 Å². The number of hydrogen-bond donors (Lipinski definition) is 1. The van der Waals surface area contributed by atoms with Gasteiger partial charge in [0.15, 0.2) is 0 Å². The molecule has 1 amide bonds. The molecule has 0 saturated carbocycles. The molecular formula is C24H29F3N2O4. The number of rotatable bonds is 6. The van der Waals surface area contributed by atoms with Crippen molar-refractivity contribution < 1.29 is 32.2 Å². The first kappa shape index (κ1) is 24.7. The molecule has 0 spiro atoms. The van der Waals surface area contributed by atoms with Crippen molar-refractivity contribution in [3.8, 4) is 22.6 Å². The Kier molecular flexibility index (Phi) is 7.09. The molecule has 33 heavy (non-hydrogen) atoms. The summed E-state index contributed by atoms with van der Waals surface area (Å²) in [5.41, 5.74) is 0.296. The van der Waals surface area contributed by atoms with Crippen molar-refractivity contribution in [2.24, 2.45) is 5.92 Å². The van der Waals surface area contributed by atoms with Gasteiger partial charge in [-0.1, -0.05) is 13.8 Å². The normalized spacial score (nSPS) is 16.3. The quantitative estimate of drug-likeness (QED) is 0.560. The fraction of sp³-hybridized carbons (Fsp3) is 0.500. The second-order valence-electron chi connectivity index (χ2n) is 9.44. The summed E-state index contributed by atoms with van der Waals surface area (Å²) in [7, 11) is 0. The minimum Gasteiger partial charge on any atom is -0.491 e. The molecule has 1 aromatic carbocycles. The number of pyridine rings is 1. The third-order valence-electron chi connectivity index (χ3n) is 4.85. The number of halogens is 3. The highest BCUT2D eigenvalue weighted by Crippen LogP contribution is 2.48. The lowest BCUT2D eigenvalue weighted by atomic mass is 9.94. The molecule has 1 aliphatic heterocycles. The Labute approximate surface area is 191 Å². The van der Waals surface area contributed by atoms with Crippen molar-refractivity contribution in [2.45, 2.75) is 65.0 Å². The summed E-state index contributed by atoms with van der Waals surface area (Å²) in [6.45, 7) is 9.47. The number of fused-ring (bicyclic) bond motifs is 3. The molecule has 0 fully saturated rings. The predicted octanol–water partition coefficient (Wildman–Crippen LogP) is 6.06. The largest absolute Gasteiger partial charge is 0.491 e. The SMILES string of the molecule is CC(C)C[C@@H](COc1ccc2c(c1)OC(C(F)(F)F)c1cnccc1-2)NC(=O)OC(C)(C)C. The molecule has 0 bridgehead atoms. The first-order valence-corrected chi connectivity index (χ1v) is 10.8. The van der Waals surface area contributed by atoms with Crippen molar-refractivity contribution in [1.29, 1.82) is 0 Å². The molecule has 0 radical (unpaired) electrons. The van der Waals surface area contributed by atoms with Gasteiger partial charge in [-0.05, 0) is 56.9 Å². The van der Waals surface area contributed by atoms with Crippen LogP contribution in [0.3, 0.4) is 0 Å². The van der Waals surface area contributed by atoms with Gasteiger partial charge in [0.25, 0.3) is 0 Å². The Morgan fingerprint density at radius 2 is 1.91 bits per heavy atom. The molecule has 1 aliphatic rings. The lowest BCUT2D eigenvalue weighted by molar-refractivity contribution is -0.198. The van der Waals surface area contributed by atoms with Crippen LogP contribution in [0.15, 0.2) is 36.7 Å². The average Bonchev–Trinajstić information content (AvgIpc) is 2.68. The van der Waals surface area contributed by atoms with E-state index < -0.39 is 24.0 Å². The van der Waals surface area contributed by atoms with Crippen LogP contribution in [0.4, 0.5) is 18.0 Å². The Balaban J connectivity index is 1.77. The maximum absolute atomic E-state index is 13.6. The minimum absolute atomic E-state index is 0.0234. The fourth-order valence-electron chi connectivity index (χ4n) is 3.62. The number of nitrogens with zero attached hydrogens (tertiary/aromatic N) is 1. The van der Waals surface area contributed by atoms with Gasteiger partial charge in [0, 0.05) is 29.6 Å². The lowest BCUT2D eigenvalue weighted by Crippen LogP contribution is -2.42. The summed E-state index contributed by atoms with van der Waals surface area (Å²) in [6.07, 6.45) is -3.98. The smallest absolute Gasteiger partial charge is 0.429 e. The first-order chi connectivity index (χ1) is 15.3. The fourth-order valence-corrected chi connectivity index (χ4v) is 3.62. The first-order valence-electron chi connectivity index (χ1n) is 10.8. The monoisotopic (exact) mass is 466 g/mol. The van der Waals surface area contributed by atoms with Gasteiger partial charge in [-0.2, -0.15) is 13.2 Å². The van der Waals surface area contributed by atoms with E-state index in [4.69, 9.17) is 14.2 Å². The van der Waals surface area contributed by atoms with E-state index in [0.717, 1.165) is 0 Å². The predicted molar refractivity (Wildman–Crippen MR) is 117 cm³/mol. The molecule has 6 nitrogen and oxygen atoms in total. The van der Waals surface area contributed by atoms with E-state index in [9.17, 15) is 18.0 Å². The Morgan fingerprint density at radius 3 is 2.55 bits per heavy atom. The number of amides is 1. The zero-order valence-electron chi connectivity index (χ0n) is 19.3. The van der Waals surface area contributed by atoms with Gasteiger partial charge >= 0.3 is 12.3 Å². The molecule has 9 heteroatoms. The van der Waals surface area contributed by atoms with Crippen LogP contribution >= 0.6 is 0 Å². The molecule has 2 heterocycles. The number of hydrogen-bond acceptors (Lipinski definition) is 5. The maximum Gasteiger partial charge on any atom is 0.429 e. The molecule has 1 N–H and O–H groups in total. The summed E-state index contributed by atoms with van der Waals surface area (Å²) < 4.78 is 57.2. The maximum atomic E-state index is 13.6. The van der Waals surface area contributed by atoms with Crippen molar-refractivity contribution >= 4 is 6.09 Å². The molecular weight excluding hydrogens is 437 g/mol. The van der Waals surface area contributed by atoms with Gasteiger partial charge in [-0.15, -0.1) is 0 Å². The molecule has 1 aromatic heterocycles. The highest BCUT2D eigenvalue weighted by molar-refractivity contribution is 5.76. The van der Waals surface area contributed by atoms with Gasteiger partial charge in [0.05, 0.1) is 6.04 Å². The van der Waals surface area contributed by atoms with Crippen LogP contribution in [0, 0.1) is 5.92 Å². The molecule has 1 unspecified atom stereocenters. The summed E-state index contributed by atoms with van der Waals surface area (Å²) in [5, 5.41) is 2.80. The van der Waals surface area contributed by atoms with Crippen LogP contribution in [-0.2, 0) is 4.74 Å². The molecule has 0 saturated heterocycles. The zero-order valence-corrected chi connectivity index (χ0v) is 19.3. The van der Waals surface area contributed by atoms with Crippen LogP contribution in [-0.4, -0.2) is 35.5 Å².